The zero-order valence-electron chi connectivity index (χ0n) is 11.4. The number of esters is 1. The molecular weight excluding hydrogens is 238 g/mol. The van der Waals surface area contributed by atoms with E-state index >= 15 is 0 Å². The van der Waals surface area contributed by atoms with Crippen molar-refractivity contribution in [3.05, 3.63) is 35.9 Å². The van der Waals surface area contributed by atoms with Gasteiger partial charge in [0, 0.05) is 12.1 Å². The molecule has 1 N–H and O–H groups in total. The Morgan fingerprint density at radius 3 is 2.47 bits per heavy atom. The molecule has 1 aromatic rings. The van der Waals surface area contributed by atoms with Crippen LogP contribution in [0.2, 0.25) is 0 Å². The maximum atomic E-state index is 12.6. The predicted molar refractivity (Wildman–Crippen MR) is 73.9 cm³/mol. The van der Waals surface area contributed by atoms with Crippen molar-refractivity contribution in [2.75, 3.05) is 6.61 Å². The van der Waals surface area contributed by atoms with E-state index in [0.29, 0.717) is 18.7 Å². The molecule has 2 aliphatic heterocycles. The first-order valence-corrected chi connectivity index (χ1v) is 7.23. The lowest BCUT2D eigenvalue weighted by atomic mass is 9.70. The summed E-state index contributed by atoms with van der Waals surface area (Å²) in [6.07, 6.45) is 4.09. The van der Waals surface area contributed by atoms with Gasteiger partial charge in [0.25, 0.3) is 0 Å². The first-order valence-electron chi connectivity index (χ1n) is 7.23. The highest BCUT2D eigenvalue weighted by Gasteiger charge is 2.50. The van der Waals surface area contributed by atoms with Gasteiger partial charge in [-0.15, -0.1) is 0 Å². The van der Waals surface area contributed by atoms with Crippen molar-refractivity contribution in [3.8, 4) is 0 Å². The van der Waals surface area contributed by atoms with Gasteiger partial charge in [-0.1, -0.05) is 30.3 Å². The molecule has 2 bridgehead atoms. The summed E-state index contributed by atoms with van der Waals surface area (Å²) >= 11 is 0. The maximum Gasteiger partial charge on any atom is 0.316 e. The molecule has 3 atom stereocenters. The van der Waals surface area contributed by atoms with E-state index in [0.717, 1.165) is 18.4 Å². The molecule has 0 saturated carbocycles. The molecule has 0 aromatic heterocycles. The van der Waals surface area contributed by atoms with E-state index in [-0.39, 0.29) is 5.97 Å². The van der Waals surface area contributed by atoms with Crippen molar-refractivity contribution in [1.29, 1.82) is 0 Å². The molecule has 2 saturated heterocycles. The van der Waals surface area contributed by atoms with Crippen molar-refractivity contribution < 1.29 is 9.53 Å². The van der Waals surface area contributed by atoms with Crippen LogP contribution in [0.15, 0.2) is 30.3 Å². The number of piperidine rings is 1. The van der Waals surface area contributed by atoms with Crippen molar-refractivity contribution in [2.24, 2.45) is 0 Å². The molecule has 3 rings (SSSR count). The van der Waals surface area contributed by atoms with Gasteiger partial charge in [-0.3, -0.25) is 4.79 Å². The van der Waals surface area contributed by atoms with Crippen molar-refractivity contribution in [3.63, 3.8) is 0 Å². The van der Waals surface area contributed by atoms with E-state index in [1.54, 1.807) is 0 Å². The summed E-state index contributed by atoms with van der Waals surface area (Å²) in [5.74, 6) is -0.0420. The zero-order chi connectivity index (χ0) is 13.3. The Balaban J connectivity index is 1.98. The topological polar surface area (TPSA) is 38.3 Å². The number of carbonyl (C=O) groups is 1. The number of carbonyl (C=O) groups excluding carboxylic acids is 1. The quantitative estimate of drug-likeness (QED) is 0.847. The molecule has 0 radical (unpaired) electrons. The normalized spacial score (nSPS) is 33.1. The number of hydrogen-bond acceptors (Lipinski definition) is 3. The summed E-state index contributed by atoms with van der Waals surface area (Å²) in [5.41, 5.74) is 0.681. The van der Waals surface area contributed by atoms with Crippen LogP contribution in [-0.2, 0) is 14.9 Å². The van der Waals surface area contributed by atoms with Gasteiger partial charge in [0.2, 0.25) is 0 Å². The number of benzene rings is 1. The highest BCUT2D eigenvalue weighted by molar-refractivity contribution is 5.83. The van der Waals surface area contributed by atoms with Crippen LogP contribution < -0.4 is 5.32 Å². The second-order valence-corrected chi connectivity index (χ2v) is 5.71. The van der Waals surface area contributed by atoms with Crippen LogP contribution in [0.5, 0.6) is 0 Å². The standard InChI is InChI=1S/C16H21NO2/c1-2-19-15(18)16(12-6-4-3-5-7-12)10-13-8-9-14(11-16)17-13/h3-7,13-14,17H,2,8-11H2,1H3/t13-,14+,16?. The largest absolute Gasteiger partial charge is 0.465 e. The first kappa shape index (κ1) is 12.7. The van der Waals surface area contributed by atoms with Crippen LogP contribution in [0.3, 0.4) is 0 Å². The third kappa shape index (κ3) is 2.16. The minimum Gasteiger partial charge on any atom is -0.465 e. The average Bonchev–Trinajstić information content (AvgIpc) is 2.79. The molecule has 1 aromatic carbocycles. The van der Waals surface area contributed by atoms with E-state index in [1.165, 1.54) is 12.8 Å². The summed E-state index contributed by atoms with van der Waals surface area (Å²) in [6, 6.07) is 11.1. The fourth-order valence-electron chi connectivity index (χ4n) is 3.70. The minimum atomic E-state index is -0.436. The summed E-state index contributed by atoms with van der Waals surface area (Å²) in [7, 11) is 0. The van der Waals surface area contributed by atoms with Gasteiger partial charge in [-0.25, -0.2) is 0 Å². The van der Waals surface area contributed by atoms with E-state index in [4.69, 9.17) is 4.74 Å². The number of ether oxygens (including phenoxy) is 1. The molecule has 0 spiro atoms. The van der Waals surface area contributed by atoms with Gasteiger partial charge < -0.3 is 10.1 Å². The van der Waals surface area contributed by atoms with Gasteiger partial charge in [0.15, 0.2) is 0 Å². The molecule has 2 heterocycles. The van der Waals surface area contributed by atoms with Crippen LogP contribution in [0.4, 0.5) is 0 Å². The van der Waals surface area contributed by atoms with Gasteiger partial charge in [-0.2, -0.15) is 0 Å². The average molecular weight is 259 g/mol. The van der Waals surface area contributed by atoms with Crippen molar-refractivity contribution >= 4 is 5.97 Å². The summed E-state index contributed by atoms with van der Waals surface area (Å²) in [5, 5.41) is 3.60. The van der Waals surface area contributed by atoms with Crippen LogP contribution in [0, 0.1) is 0 Å². The van der Waals surface area contributed by atoms with E-state index in [1.807, 2.05) is 25.1 Å². The first-order chi connectivity index (χ1) is 9.24. The van der Waals surface area contributed by atoms with E-state index < -0.39 is 5.41 Å². The Bertz CT molecular complexity index is 445. The molecule has 1 unspecified atom stereocenters. The highest BCUT2D eigenvalue weighted by Crippen LogP contribution is 2.43. The predicted octanol–water partition coefficient (Wildman–Crippen LogP) is 2.40. The number of nitrogens with one attached hydrogen (secondary N) is 1. The lowest BCUT2D eigenvalue weighted by Crippen LogP contribution is -2.51. The molecular formula is C16H21NO2. The fourth-order valence-corrected chi connectivity index (χ4v) is 3.70. The van der Waals surface area contributed by atoms with Gasteiger partial charge >= 0.3 is 5.97 Å². The molecule has 0 aliphatic carbocycles. The molecule has 0 amide bonds. The number of hydrogen-bond donors (Lipinski definition) is 1. The van der Waals surface area contributed by atoms with Crippen LogP contribution >= 0.6 is 0 Å². The van der Waals surface area contributed by atoms with Crippen molar-refractivity contribution in [2.45, 2.75) is 50.1 Å². The molecule has 2 aliphatic rings. The molecule has 3 nitrogen and oxygen atoms in total. The molecule has 102 valence electrons. The Kier molecular flexibility index (Phi) is 3.31. The van der Waals surface area contributed by atoms with Crippen LogP contribution in [-0.4, -0.2) is 24.7 Å². The number of fused-ring (bicyclic) bond motifs is 2. The summed E-state index contributed by atoms with van der Waals surface area (Å²) in [6.45, 7) is 2.34. The Morgan fingerprint density at radius 1 is 1.26 bits per heavy atom. The molecule has 19 heavy (non-hydrogen) atoms. The summed E-state index contributed by atoms with van der Waals surface area (Å²) in [4.78, 5) is 12.6. The zero-order valence-corrected chi connectivity index (χ0v) is 11.4. The lowest BCUT2D eigenvalue weighted by molar-refractivity contribution is -0.152. The van der Waals surface area contributed by atoms with E-state index in [2.05, 4.69) is 17.4 Å². The lowest BCUT2D eigenvalue weighted by Gasteiger charge is -2.39. The maximum absolute atomic E-state index is 12.6. The molecule has 3 heteroatoms. The second kappa shape index (κ2) is 4.97. The summed E-state index contributed by atoms with van der Waals surface area (Å²) < 4.78 is 5.40. The molecule has 2 fully saturated rings. The Hall–Kier alpha value is -1.35. The monoisotopic (exact) mass is 259 g/mol. The highest BCUT2D eigenvalue weighted by atomic mass is 16.5. The van der Waals surface area contributed by atoms with Crippen LogP contribution in [0.25, 0.3) is 0 Å². The Labute approximate surface area is 114 Å². The van der Waals surface area contributed by atoms with Gasteiger partial charge in [0.05, 0.1) is 12.0 Å². The smallest absolute Gasteiger partial charge is 0.316 e. The number of rotatable bonds is 3. The fraction of sp³-hybridized carbons (Fsp3) is 0.562. The third-order valence-electron chi connectivity index (χ3n) is 4.52. The van der Waals surface area contributed by atoms with Gasteiger partial charge in [-0.05, 0) is 38.2 Å². The Morgan fingerprint density at radius 2 is 1.89 bits per heavy atom. The SMILES string of the molecule is CCOC(=O)C1(c2ccccc2)C[C@H]2CC[C@@H](C1)N2. The van der Waals surface area contributed by atoms with Crippen LogP contribution in [0.1, 0.15) is 38.2 Å². The van der Waals surface area contributed by atoms with E-state index in [9.17, 15) is 4.79 Å². The van der Waals surface area contributed by atoms with Gasteiger partial charge in [0.1, 0.15) is 0 Å². The van der Waals surface area contributed by atoms with Crippen molar-refractivity contribution in [1.82, 2.24) is 5.32 Å². The third-order valence-corrected chi connectivity index (χ3v) is 4.52. The minimum absolute atomic E-state index is 0.0420. The second-order valence-electron chi connectivity index (χ2n) is 5.71.